The van der Waals surface area contributed by atoms with E-state index in [1.54, 1.807) is 0 Å². The predicted octanol–water partition coefficient (Wildman–Crippen LogP) is -6.19. The van der Waals surface area contributed by atoms with E-state index in [0.29, 0.717) is 11.8 Å². The minimum atomic E-state index is -4.69. The van der Waals surface area contributed by atoms with Crippen LogP contribution in [0.2, 0.25) is 0 Å². The molecule has 2 rings (SSSR count). The molecule has 2 aliphatic rings. The van der Waals surface area contributed by atoms with Gasteiger partial charge in [0.1, 0.15) is 0 Å². The molecular weight excluding hydrogens is 563 g/mol. The van der Waals surface area contributed by atoms with Crippen molar-refractivity contribution in [3.63, 3.8) is 0 Å². The summed E-state index contributed by atoms with van der Waals surface area (Å²) in [5, 5.41) is 41.4. The van der Waals surface area contributed by atoms with Gasteiger partial charge in [0.2, 0.25) is 0 Å². The van der Waals surface area contributed by atoms with Crippen molar-refractivity contribution >= 4 is 0 Å². The standard InChI is InChI=1S/C20H46N8.2CN.ClHO4.Co/c1-3-21-7-11-25-15-19(16-26-12-8-22-4-1)20-17-27-13-9-23-5-2-6-24-10-14-28-18-20;2*1-2;2-1(3,4)5;/h19-28H,1-18H2;;;(H,2,3,4,5);/q;2*-1;;+2. The van der Waals surface area contributed by atoms with Crippen LogP contribution in [0.25, 0.3) is 0 Å². The first kappa shape index (κ1) is 41.8. The molecule has 2 saturated heterocycles. The monoisotopic (exact) mass is 609 g/mol. The van der Waals surface area contributed by atoms with E-state index in [4.69, 9.17) is 42.3 Å². The molecule has 14 nitrogen and oxygen atoms in total. The van der Waals surface area contributed by atoms with Crippen LogP contribution < -0.4 is 56.5 Å². The zero-order chi connectivity index (χ0) is 28.0. The van der Waals surface area contributed by atoms with Gasteiger partial charge in [-0.3, -0.25) is 0 Å². The Hall–Kier alpha value is -0.704. The molecule has 38 heavy (non-hydrogen) atoms. The van der Waals surface area contributed by atoms with Crippen LogP contribution in [0, 0.1) is 45.7 Å². The van der Waals surface area contributed by atoms with Gasteiger partial charge in [-0.25, -0.2) is 0 Å². The topological polar surface area (TPSA) is 233 Å². The Morgan fingerprint density at radius 2 is 0.658 bits per heavy atom. The number of nitrogens with zero attached hydrogens (tertiary/aromatic N) is 2. The molecule has 2 heterocycles. The first-order valence-electron chi connectivity index (χ1n) is 12.7. The summed E-state index contributed by atoms with van der Waals surface area (Å²) in [7, 11) is -4.69. The maximum absolute atomic E-state index is 8.60. The normalized spacial score (nSPS) is 20.9. The molecule has 225 valence electrons. The smallest absolute Gasteiger partial charge is 0.512 e. The molecule has 2 aliphatic heterocycles. The Balaban J connectivity index is -0.00000108. The van der Waals surface area contributed by atoms with Crippen molar-refractivity contribution in [3.05, 3.63) is 13.1 Å². The molecule has 0 aromatic carbocycles. The molecule has 0 amide bonds. The average molecular weight is 610 g/mol. The van der Waals surface area contributed by atoms with Crippen molar-refractivity contribution in [3.8, 4) is 0 Å². The summed E-state index contributed by atoms with van der Waals surface area (Å²) in [6.45, 7) is 26.6. The molecule has 0 saturated carbocycles. The molecule has 0 bridgehead atoms. The zero-order valence-corrected chi connectivity index (χ0v) is 24.0. The Bertz CT molecular complexity index is 450. The molecule has 0 aromatic rings. The summed E-state index contributed by atoms with van der Waals surface area (Å²) < 4.78 is 32.7. The van der Waals surface area contributed by atoms with E-state index in [0.717, 1.165) is 105 Å². The summed E-state index contributed by atoms with van der Waals surface area (Å²) in [5.41, 5.74) is 0. The van der Waals surface area contributed by atoms with E-state index < -0.39 is 10.2 Å². The van der Waals surface area contributed by atoms with Crippen LogP contribution in [0.3, 0.4) is 0 Å². The fraction of sp³-hybridized carbons (Fsp3) is 0.909. The molecule has 0 unspecified atom stereocenters. The van der Waals surface area contributed by atoms with Crippen molar-refractivity contribution in [2.24, 2.45) is 11.8 Å². The predicted molar refractivity (Wildman–Crippen MR) is 131 cm³/mol. The molecule has 0 aliphatic carbocycles. The first-order valence-corrected chi connectivity index (χ1v) is 14.0. The summed E-state index contributed by atoms with van der Waals surface area (Å²) >= 11 is 0. The molecular formula is C22H47ClCoN10O4. The largest absolute Gasteiger partial charge is 2.00 e. The van der Waals surface area contributed by atoms with Crippen molar-refractivity contribution in [1.29, 1.82) is 10.5 Å². The minimum absolute atomic E-state index is 0. The Labute approximate surface area is 241 Å². The third kappa shape index (κ3) is 33.3. The van der Waals surface area contributed by atoms with Crippen molar-refractivity contribution in [2.45, 2.75) is 12.8 Å². The summed E-state index contributed by atoms with van der Waals surface area (Å²) in [5.74, 6) is 1.24. The fourth-order valence-electron chi connectivity index (χ4n) is 3.84. The van der Waals surface area contributed by atoms with E-state index in [2.05, 4.69) is 42.5 Å². The van der Waals surface area contributed by atoms with E-state index in [-0.39, 0.29) is 16.8 Å². The van der Waals surface area contributed by atoms with E-state index in [9.17, 15) is 0 Å². The molecule has 16 heteroatoms. The van der Waals surface area contributed by atoms with Crippen LogP contribution in [0.4, 0.5) is 0 Å². The van der Waals surface area contributed by atoms with Crippen LogP contribution in [0.15, 0.2) is 0 Å². The third-order valence-electron chi connectivity index (χ3n) is 5.62. The van der Waals surface area contributed by atoms with Crippen molar-refractivity contribution in [2.75, 3.05) is 105 Å². The van der Waals surface area contributed by atoms with Crippen LogP contribution in [0.1, 0.15) is 12.8 Å². The van der Waals surface area contributed by atoms with Crippen molar-refractivity contribution < 1.29 is 45.7 Å². The summed E-state index contributed by atoms with van der Waals surface area (Å²) in [4.78, 5) is 0. The second-order valence-electron chi connectivity index (χ2n) is 8.44. The van der Waals surface area contributed by atoms with Crippen LogP contribution >= 0.6 is 0 Å². The van der Waals surface area contributed by atoms with Gasteiger partial charge in [0.05, 0.1) is 14.9 Å². The number of hydrogen-bond acceptors (Lipinski definition) is 14. The molecule has 9 N–H and O–H groups in total. The van der Waals surface area contributed by atoms with Gasteiger partial charge in [-0.2, -0.15) is 14.0 Å². The average Bonchev–Trinajstić information content (AvgIpc) is 2.88. The fourth-order valence-corrected chi connectivity index (χ4v) is 3.84. The van der Waals surface area contributed by atoms with Gasteiger partial charge in [0.15, 0.2) is 0 Å². The number of halogens is 1. The van der Waals surface area contributed by atoms with Gasteiger partial charge in [-0.05, 0) is 77.0 Å². The van der Waals surface area contributed by atoms with Crippen LogP contribution in [0.5, 0.6) is 0 Å². The molecule has 0 atom stereocenters. The van der Waals surface area contributed by atoms with Gasteiger partial charge in [0, 0.05) is 52.4 Å². The van der Waals surface area contributed by atoms with E-state index >= 15 is 0 Å². The zero-order valence-electron chi connectivity index (χ0n) is 22.2. The second kappa shape index (κ2) is 32.5. The molecule has 0 spiro atoms. The van der Waals surface area contributed by atoms with Crippen molar-refractivity contribution in [1.82, 2.24) is 42.5 Å². The Morgan fingerprint density at radius 3 is 0.868 bits per heavy atom. The van der Waals surface area contributed by atoms with Gasteiger partial charge >= 0.3 is 16.8 Å². The minimum Gasteiger partial charge on any atom is -0.512 e. The van der Waals surface area contributed by atoms with Gasteiger partial charge in [0.25, 0.3) is 0 Å². The Morgan fingerprint density at radius 1 is 0.474 bits per heavy atom. The molecule has 1 radical (unpaired) electrons. The summed E-state index contributed by atoms with van der Waals surface area (Å²) in [6, 6.07) is 0. The van der Waals surface area contributed by atoms with Crippen LogP contribution in [-0.4, -0.2) is 109 Å². The molecule has 2 fully saturated rings. The quantitative estimate of drug-likeness (QED) is 0.126. The number of rotatable bonds is 1. The van der Waals surface area contributed by atoms with Crippen LogP contribution in [-0.2, 0) is 16.8 Å². The van der Waals surface area contributed by atoms with E-state index in [1.807, 2.05) is 0 Å². The van der Waals surface area contributed by atoms with Gasteiger partial charge in [-0.15, -0.1) is 0 Å². The maximum Gasteiger partial charge on any atom is 2.00 e. The maximum atomic E-state index is 8.60. The second-order valence-corrected chi connectivity index (χ2v) is 9.23. The number of hydrogen-bond donors (Lipinski definition) is 9. The SMILES string of the molecule is C1CNCCNCC(C2CNCCNCCCNCCNC2)CNCCNC1.[C-]#N.[C-]#N.[Co+2].[O-][Cl+3]([O-])([O-])O. The van der Waals surface area contributed by atoms with Gasteiger partial charge < -0.3 is 66.2 Å². The third-order valence-corrected chi connectivity index (χ3v) is 5.62. The van der Waals surface area contributed by atoms with E-state index in [1.165, 1.54) is 12.8 Å². The first-order chi connectivity index (χ1) is 18.0. The molecule has 0 aromatic heterocycles. The number of nitrogens with one attached hydrogen (secondary N) is 8. The van der Waals surface area contributed by atoms with Gasteiger partial charge in [-0.1, -0.05) is 0 Å². The summed E-state index contributed by atoms with van der Waals surface area (Å²) in [6.07, 6.45) is 2.40. The Kier molecular flexibility index (Phi) is 35.7.